The molecule has 7 atom stereocenters. The second-order valence-corrected chi connectivity index (χ2v) is 20.9. The molecule has 6 N–H and O–H groups in total. The number of carbonyl (C=O) groups is 3. The number of aromatic nitrogens is 2. The van der Waals surface area contributed by atoms with Crippen LogP contribution in [0.2, 0.25) is 0 Å². The van der Waals surface area contributed by atoms with Crippen LogP contribution in [0.25, 0.3) is 0 Å². The fourth-order valence-electron chi connectivity index (χ4n) is 7.30. The zero-order valence-electron chi connectivity index (χ0n) is 40.6. The van der Waals surface area contributed by atoms with Crippen LogP contribution in [0.3, 0.4) is 0 Å². The van der Waals surface area contributed by atoms with Gasteiger partial charge in [-0.1, -0.05) is 142 Å². The molecule has 1 fully saturated rings. The van der Waals surface area contributed by atoms with Crippen LogP contribution in [-0.2, 0) is 51.1 Å². The van der Waals surface area contributed by atoms with Gasteiger partial charge in [-0.2, -0.15) is 9.29 Å². The van der Waals surface area contributed by atoms with E-state index in [-0.39, 0.29) is 24.4 Å². The first-order valence-electron chi connectivity index (χ1n) is 24.7. The molecule has 2 unspecified atom stereocenters. The molecule has 1 aromatic heterocycles. The molecule has 0 amide bonds. The van der Waals surface area contributed by atoms with Crippen LogP contribution in [0.4, 0.5) is 5.82 Å². The third-order valence-electron chi connectivity index (χ3n) is 11.2. The van der Waals surface area contributed by atoms with Crippen LogP contribution < -0.4 is 11.4 Å². The zero-order valence-corrected chi connectivity index (χ0v) is 42.4. The van der Waals surface area contributed by atoms with E-state index in [1.54, 1.807) is 12.2 Å². The Balaban J connectivity index is 1.83. The van der Waals surface area contributed by atoms with Crippen molar-refractivity contribution in [1.82, 2.24) is 9.55 Å². The molecule has 1 saturated heterocycles. The van der Waals surface area contributed by atoms with Gasteiger partial charge < -0.3 is 39.9 Å². The SMILES string of the molecule is CCCCCC(=O)/C=C/C=C\CCCCCCCC(=O)O[C@H](COC(=O)CCCCCCCCCCCCCC(C)C)COP(=O)(O)OP(=O)(O)OC[C@H]1O[C@@H](n2ccc(N)nc2=O)[C@H](O)[C@@H]1O. The van der Waals surface area contributed by atoms with Crippen LogP contribution in [-0.4, -0.2) is 91.5 Å². The standard InChI is InChI=1S/C47H81N3O16P2/c1-4-5-22-28-38(51)29-24-19-15-11-9-13-17-21-26-31-43(53)64-39(34-61-42(52)30-25-20-16-12-8-6-7-10-14-18-23-27-37(2)3)35-62-67(57,58)66-68(59,60)63-36-40-44(54)45(55)46(65-40)50-33-32-41(48)49-47(50)56/h15,19,24,29,32-33,37,39-40,44-46,54-55H,4-14,16-18,20-23,25-28,30-31,34-36H2,1-3H3,(H,57,58)(H,59,60)(H2,48,49,56)/b19-15-,29-24+/t39-,40-,44-,45-,46-/m1/s1. The van der Waals surface area contributed by atoms with Crippen molar-refractivity contribution in [3.8, 4) is 0 Å². The van der Waals surface area contributed by atoms with Gasteiger partial charge in [0.2, 0.25) is 0 Å². The molecule has 19 nitrogen and oxygen atoms in total. The minimum atomic E-state index is -5.44. The molecule has 68 heavy (non-hydrogen) atoms. The van der Waals surface area contributed by atoms with Gasteiger partial charge in [0, 0.05) is 25.5 Å². The summed E-state index contributed by atoms with van der Waals surface area (Å²) in [5.41, 5.74) is 4.57. The highest BCUT2D eigenvalue weighted by Crippen LogP contribution is 2.60. The van der Waals surface area contributed by atoms with Gasteiger partial charge >= 0.3 is 33.3 Å². The van der Waals surface area contributed by atoms with Gasteiger partial charge in [-0.3, -0.25) is 28.0 Å². The van der Waals surface area contributed by atoms with Crippen molar-refractivity contribution in [1.29, 1.82) is 0 Å². The molecule has 21 heteroatoms. The Labute approximate surface area is 402 Å². The lowest BCUT2D eigenvalue weighted by atomic mass is 10.0. The van der Waals surface area contributed by atoms with Gasteiger partial charge in [0.05, 0.1) is 13.2 Å². The van der Waals surface area contributed by atoms with Crippen molar-refractivity contribution in [3.63, 3.8) is 0 Å². The molecule has 0 saturated carbocycles. The number of hydrogen-bond donors (Lipinski definition) is 5. The first-order valence-corrected chi connectivity index (χ1v) is 27.7. The van der Waals surface area contributed by atoms with Crippen LogP contribution in [0, 0.1) is 5.92 Å². The van der Waals surface area contributed by atoms with E-state index in [1.807, 2.05) is 12.2 Å². The van der Waals surface area contributed by atoms with E-state index < -0.39 is 83.7 Å². The number of rotatable bonds is 40. The highest BCUT2D eigenvalue weighted by molar-refractivity contribution is 7.61. The number of phosphoric ester groups is 2. The molecule has 2 heterocycles. The van der Waals surface area contributed by atoms with Gasteiger partial charge in [0.25, 0.3) is 0 Å². The largest absolute Gasteiger partial charge is 0.481 e. The average molecular weight is 1010 g/mol. The Bertz CT molecular complexity index is 1810. The molecule has 0 bridgehead atoms. The second kappa shape index (κ2) is 35.1. The van der Waals surface area contributed by atoms with E-state index >= 15 is 0 Å². The van der Waals surface area contributed by atoms with Gasteiger partial charge in [0.1, 0.15) is 30.7 Å². The smallest absolute Gasteiger partial charge is 0.462 e. The van der Waals surface area contributed by atoms with E-state index in [9.17, 15) is 48.3 Å². The van der Waals surface area contributed by atoms with Crippen molar-refractivity contribution < 1.29 is 71.1 Å². The van der Waals surface area contributed by atoms with Gasteiger partial charge in [-0.25, -0.2) is 13.9 Å². The van der Waals surface area contributed by atoms with Crippen LogP contribution >= 0.6 is 15.6 Å². The van der Waals surface area contributed by atoms with Crippen molar-refractivity contribution in [2.75, 3.05) is 25.6 Å². The number of nitrogens with two attached hydrogens (primary N) is 1. The van der Waals surface area contributed by atoms with E-state index in [4.69, 9.17) is 29.0 Å². The number of esters is 2. The Hall–Kier alpha value is -3.09. The number of hydrogen-bond acceptors (Lipinski definition) is 16. The predicted octanol–water partition coefficient (Wildman–Crippen LogP) is 8.87. The fourth-order valence-corrected chi connectivity index (χ4v) is 9.41. The number of ketones is 1. The number of nitrogens with zero attached hydrogens (tertiary/aromatic N) is 2. The maximum absolute atomic E-state index is 12.8. The summed E-state index contributed by atoms with van der Waals surface area (Å²) in [6.07, 6.45) is 22.6. The Morgan fingerprint density at radius 1 is 0.779 bits per heavy atom. The number of ether oxygens (including phenoxy) is 3. The summed E-state index contributed by atoms with van der Waals surface area (Å²) < 4.78 is 56.6. The van der Waals surface area contributed by atoms with Gasteiger partial charge in [0.15, 0.2) is 18.1 Å². The molecule has 0 aromatic carbocycles. The minimum Gasteiger partial charge on any atom is -0.462 e. The first-order chi connectivity index (χ1) is 32.4. The summed E-state index contributed by atoms with van der Waals surface area (Å²) >= 11 is 0. The van der Waals surface area contributed by atoms with E-state index in [0.717, 1.165) is 93.7 Å². The molecule has 390 valence electrons. The molecule has 2 rings (SSSR count). The summed E-state index contributed by atoms with van der Waals surface area (Å²) in [4.78, 5) is 73.6. The number of carbonyl (C=O) groups excluding carboxylic acids is 3. The number of allylic oxidation sites excluding steroid dienone is 4. The van der Waals surface area contributed by atoms with E-state index in [0.29, 0.717) is 19.3 Å². The average Bonchev–Trinajstić information content (AvgIpc) is 3.55. The number of nitrogen functional groups attached to an aromatic ring is 1. The lowest BCUT2D eigenvalue weighted by Gasteiger charge is -2.21. The minimum absolute atomic E-state index is 0.000808. The quantitative estimate of drug-likeness (QED) is 0.0135. The van der Waals surface area contributed by atoms with E-state index in [2.05, 4.69) is 30.1 Å². The van der Waals surface area contributed by atoms with Crippen LogP contribution in [0.15, 0.2) is 41.4 Å². The lowest BCUT2D eigenvalue weighted by molar-refractivity contribution is -0.161. The zero-order chi connectivity index (χ0) is 50.2. The number of anilines is 1. The first kappa shape index (κ1) is 61.0. The number of phosphoric acid groups is 2. The molecule has 1 aliphatic heterocycles. The normalized spacial score (nSPS) is 19.6. The summed E-state index contributed by atoms with van der Waals surface area (Å²) in [6.45, 7) is 4.25. The van der Waals surface area contributed by atoms with Crippen molar-refractivity contribution >= 4 is 39.2 Å². The number of unbranched alkanes of at least 4 members (excludes halogenated alkanes) is 17. The number of aliphatic hydroxyl groups is 2. The van der Waals surface area contributed by atoms with Crippen molar-refractivity contribution in [2.45, 2.75) is 206 Å². The molecule has 0 aliphatic carbocycles. The third kappa shape index (κ3) is 28.5. The lowest BCUT2D eigenvalue weighted by Crippen LogP contribution is -2.36. The molecular formula is C47H81N3O16P2. The molecule has 0 spiro atoms. The van der Waals surface area contributed by atoms with Crippen LogP contribution in [0.5, 0.6) is 0 Å². The van der Waals surface area contributed by atoms with Crippen LogP contribution in [0.1, 0.15) is 181 Å². The summed E-state index contributed by atoms with van der Waals surface area (Å²) in [5.74, 6) is -0.469. The Morgan fingerprint density at radius 2 is 1.35 bits per heavy atom. The van der Waals surface area contributed by atoms with Gasteiger partial charge in [-0.15, -0.1) is 0 Å². The molecular weight excluding hydrogens is 924 g/mol. The molecule has 1 aliphatic rings. The van der Waals surface area contributed by atoms with Gasteiger partial charge in [-0.05, 0) is 50.2 Å². The molecule has 1 aromatic rings. The predicted molar refractivity (Wildman–Crippen MR) is 257 cm³/mol. The monoisotopic (exact) mass is 1010 g/mol. The topological polar surface area (TPSA) is 283 Å². The highest BCUT2D eigenvalue weighted by atomic mass is 31.3. The summed E-state index contributed by atoms with van der Waals surface area (Å²) in [5, 5.41) is 20.9. The van der Waals surface area contributed by atoms with Crippen molar-refractivity contribution in [3.05, 3.63) is 47.1 Å². The fraction of sp³-hybridized carbons (Fsp3) is 0.766. The maximum Gasteiger partial charge on any atom is 0.481 e. The maximum atomic E-state index is 12.8. The summed E-state index contributed by atoms with van der Waals surface area (Å²) in [7, 11) is -10.9. The van der Waals surface area contributed by atoms with Crippen molar-refractivity contribution in [2.24, 2.45) is 5.92 Å². The Morgan fingerprint density at radius 3 is 1.97 bits per heavy atom. The summed E-state index contributed by atoms with van der Waals surface area (Å²) in [6, 6.07) is 1.24. The molecule has 0 radical (unpaired) electrons. The second-order valence-electron chi connectivity index (χ2n) is 17.8. The third-order valence-corrected chi connectivity index (χ3v) is 13.8. The van der Waals surface area contributed by atoms with E-state index in [1.165, 1.54) is 51.0 Å². The Kier molecular flexibility index (Phi) is 31.5. The number of aliphatic hydroxyl groups excluding tert-OH is 2. The highest BCUT2D eigenvalue weighted by Gasteiger charge is 2.46.